The molecule has 5 heteroatoms. The van der Waals surface area contributed by atoms with Crippen molar-refractivity contribution in [3.8, 4) is 12.8 Å². The van der Waals surface area contributed by atoms with Gasteiger partial charge in [0, 0.05) is 23.3 Å². The van der Waals surface area contributed by atoms with Gasteiger partial charge in [-0.3, -0.25) is 4.79 Å². The Labute approximate surface area is 489 Å². The fraction of sp³-hybridized carbons (Fsp3) is 0.945. The van der Waals surface area contributed by atoms with Gasteiger partial charge >= 0.3 is 6.03 Å². The molecule has 8 spiro atoms. The number of rotatable bonds is 6. The number of amides is 2. The summed E-state index contributed by atoms with van der Waals surface area (Å²) in [5, 5.41) is 6.50. The van der Waals surface area contributed by atoms with Crippen LogP contribution in [0.25, 0.3) is 0 Å². The van der Waals surface area contributed by atoms with Gasteiger partial charge in [0.15, 0.2) is 0 Å². The summed E-state index contributed by atoms with van der Waals surface area (Å²) in [6.45, 7) is 0. The summed E-state index contributed by atoms with van der Waals surface area (Å²) in [5.41, 5.74) is 6.51. The number of ketones is 1. The highest BCUT2D eigenvalue weighted by Crippen LogP contribution is 2.87. The largest absolute Gasteiger partial charge is 0.332 e. The van der Waals surface area contributed by atoms with Gasteiger partial charge in [0.2, 0.25) is 0 Å². The first kappa shape index (κ1) is 64.4. The fourth-order valence-corrected chi connectivity index (χ4v) is 23.9. The van der Waals surface area contributed by atoms with E-state index in [-0.39, 0.29) is 28.3 Å². The van der Waals surface area contributed by atoms with Crippen LogP contribution in [0.5, 0.6) is 0 Å². The van der Waals surface area contributed by atoms with Crippen LogP contribution in [-0.2, 0) is 4.79 Å². The van der Waals surface area contributed by atoms with Crippen LogP contribution in [-0.4, -0.2) is 34.9 Å². The van der Waals surface area contributed by atoms with Crippen molar-refractivity contribution in [2.45, 2.75) is 380 Å². The van der Waals surface area contributed by atoms with E-state index in [9.17, 15) is 9.59 Å². The third-order valence-electron chi connectivity index (χ3n) is 24.8. The van der Waals surface area contributed by atoms with E-state index in [0.29, 0.717) is 29.0 Å². The Morgan fingerprint density at radius 2 is 0.705 bits per heavy atom. The predicted molar refractivity (Wildman–Crippen MR) is 338 cm³/mol. The Morgan fingerprint density at radius 1 is 0.397 bits per heavy atom. The number of carbonyl (C=O) groups is 2. The topological polar surface area (TPSA) is 58.2 Å². The van der Waals surface area contributed by atoms with Crippen LogP contribution in [0.3, 0.4) is 0 Å². The number of unbranched alkanes of at least 4 members (excludes halogenated alkanes) is 1. The number of Topliss-reactive ketones (excluding diaryl/α,β-unsaturated/α-hetero) is 1. The molecule has 4 nitrogen and oxygen atoms in total. The zero-order valence-corrected chi connectivity index (χ0v) is 49.7. The second kappa shape index (κ2) is 28.6. The van der Waals surface area contributed by atoms with Gasteiger partial charge in [-0.05, 0) is 197 Å². The van der Waals surface area contributed by atoms with Gasteiger partial charge in [0.05, 0.1) is 12.1 Å². The van der Waals surface area contributed by atoms with Crippen LogP contribution in [0.15, 0.2) is 0 Å². The zero-order valence-electron chi connectivity index (χ0n) is 48.9. The molecule has 0 aromatic rings. The average Bonchev–Trinajstić information content (AvgIpc) is 3.87. The van der Waals surface area contributed by atoms with Crippen molar-refractivity contribution in [1.82, 2.24) is 10.6 Å². The average molecular weight is 1100 g/mol. The maximum Gasteiger partial charge on any atom is 0.315 e. The molecule has 10 aliphatic carbocycles. The first-order valence-electron chi connectivity index (χ1n) is 34.1. The summed E-state index contributed by atoms with van der Waals surface area (Å²) >= 11 is 1.96. The van der Waals surface area contributed by atoms with Crippen molar-refractivity contribution in [3.05, 3.63) is 0 Å². The number of hydrogen-bond acceptors (Lipinski definition) is 3. The Morgan fingerprint density at radius 3 is 1.03 bits per heavy atom. The lowest BCUT2D eigenvalue weighted by atomic mass is 9.23. The summed E-state index contributed by atoms with van der Waals surface area (Å²) < 4.78 is 0. The minimum absolute atomic E-state index is 0. The van der Waals surface area contributed by atoms with Crippen LogP contribution in [0.1, 0.15) is 363 Å². The Bertz CT molecular complexity index is 1790. The molecule has 448 valence electrons. The van der Waals surface area contributed by atoms with Crippen LogP contribution >= 0.6 is 11.8 Å². The Kier molecular flexibility index (Phi) is 23.6. The highest BCUT2D eigenvalue weighted by molar-refractivity contribution is 8.00. The van der Waals surface area contributed by atoms with Gasteiger partial charge in [-0.15, -0.1) is 12.8 Å². The lowest BCUT2D eigenvalue weighted by Gasteiger charge is -2.81. The van der Waals surface area contributed by atoms with Crippen molar-refractivity contribution >= 4 is 23.6 Å². The maximum atomic E-state index is 11.8. The molecule has 2 N–H and O–H groups in total. The molecule has 2 unspecified atom stereocenters. The van der Waals surface area contributed by atoms with E-state index in [1.807, 2.05) is 11.8 Å². The third-order valence-corrected chi connectivity index (χ3v) is 26.3. The monoisotopic (exact) mass is 1100 g/mol. The summed E-state index contributed by atoms with van der Waals surface area (Å²) in [7, 11) is 0. The second-order valence-corrected chi connectivity index (χ2v) is 32.5. The number of thioether (sulfide) groups is 1. The van der Waals surface area contributed by atoms with Crippen molar-refractivity contribution in [1.29, 1.82) is 0 Å². The van der Waals surface area contributed by atoms with E-state index in [0.717, 1.165) is 87.6 Å². The molecule has 78 heavy (non-hydrogen) atoms. The Balaban J connectivity index is 0.000000310. The zero-order chi connectivity index (χ0) is 51.8. The van der Waals surface area contributed by atoms with E-state index >= 15 is 0 Å². The molecule has 12 rings (SSSR count). The summed E-state index contributed by atoms with van der Waals surface area (Å²) in [4.78, 5) is 23.0. The van der Waals surface area contributed by atoms with Crippen molar-refractivity contribution in [2.24, 2.45) is 49.2 Å². The van der Waals surface area contributed by atoms with Crippen molar-refractivity contribution in [3.63, 3.8) is 0 Å². The molecular weight excluding hydrogens is 969 g/mol. The molecule has 0 bridgehead atoms. The summed E-state index contributed by atoms with van der Waals surface area (Å²) in [6, 6.07) is 0.611. The number of carbonyl (C=O) groups excluding carboxylic acids is 2. The van der Waals surface area contributed by atoms with Gasteiger partial charge in [0.1, 0.15) is 5.78 Å². The molecule has 0 aromatic heterocycles. The van der Waals surface area contributed by atoms with Crippen LogP contribution in [0.2, 0.25) is 0 Å². The Hall–Kier alpha value is -1.15. The van der Waals surface area contributed by atoms with Gasteiger partial charge in [-0.1, -0.05) is 202 Å². The van der Waals surface area contributed by atoms with Crippen molar-refractivity contribution in [2.75, 3.05) is 5.75 Å². The normalized spacial score (nSPS) is 32.2. The second-order valence-electron chi connectivity index (χ2n) is 31.3. The highest BCUT2D eigenvalue weighted by atomic mass is 32.2. The van der Waals surface area contributed by atoms with E-state index in [4.69, 9.17) is 0 Å². The highest BCUT2D eigenvalue weighted by Gasteiger charge is 2.76. The lowest BCUT2D eigenvalue weighted by molar-refractivity contribution is -0.309. The van der Waals surface area contributed by atoms with Crippen LogP contribution < -0.4 is 10.6 Å². The molecule has 12 fully saturated rings. The van der Waals surface area contributed by atoms with E-state index in [1.165, 1.54) is 135 Å². The SMILES string of the molecule is C.C.C.C#C.C1CCCCCCCCC2(CCCCCCC1)CC1(C2)CC2(C1)CC1(C2)CC2(CC3(CC4(CCCCCCCCCCC5(CCCCC4)CCC5)C3)C2)C1.O=C1NC2CS[C@H](CCCCC(=O)C3CCC3)C2N1. The quantitative estimate of drug-likeness (QED) is 0.158. The molecule has 2 heterocycles. The van der Waals surface area contributed by atoms with Crippen LogP contribution in [0, 0.1) is 62.1 Å². The molecule has 12 aliphatic rings. The van der Waals surface area contributed by atoms with Gasteiger partial charge in [0.25, 0.3) is 0 Å². The first-order valence-corrected chi connectivity index (χ1v) is 35.1. The van der Waals surface area contributed by atoms with E-state index in [1.54, 1.807) is 167 Å². The number of urea groups is 1. The molecule has 3 atom stereocenters. The summed E-state index contributed by atoms with van der Waals surface area (Å²) in [6.07, 6.45) is 88.0. The number of nitrogens with one attached hydrogen (secondary N) is 2. The molecular formula is C73H128N2O2S. The fourth-order valence-electron chi connectivity index (χ4n) is 22.3. The van der Waals surface area contributed by atoms with Crippen molar-refractivity contribution < 1.29 is 9.59 Å². The smallest absolute Gasteiger partial charge is 0.315 e. The van der Waals surface area contributed by atoms with Gasteiger partial charge in [-0.2, -0.15) is 11.8 Å². The van der Waals surface area contributed by atoms with E-state index in [2.05, 4.69) is 23.5 Å². The number of hydrogen-bond donors (Lipinski definition) is 2. The molecule has 0 radical (unpaired) electrons. The first-order chi connectivity index (χ1) is 36.6. The summed E-state index contributed by atoms with van der Waals surface area (Å²) in [5.74, 6) is 1.90. The maximum absolute atomic E-state index is 11.8. The number of terminal acetylenes is 1. The lowest BCUT2D eigenvalue weighted by Crippen LogP contribution is -2.71. The predicted octanol–water partition coefficient (Wildman–Crippen LogP) is 22.2. The molecule has 2 aliphatic heterocycles. The minimum atomic E-state index is -0.0135. The van der Waals surface area contributed by atoms with Gasteiger partial charge < -0.3 is 10.6 Å². The third kappa shape index (κ3) is 15.4. The van der Waals surface area contributed by atoms with Crippen LogP contribution in [0.4, 0.5) is 4.79 Å². The molecule has 2 amide bonds. The minimum Gasteiger partial charge on any atom is -0.332 e. The molecule has 10 saturated carbocycles. The standard InChI is InChI=1S/C54H92.C14H22N2O2S.C2H2.3CH4/c1-2-4-6-8-13-17-22-30-48(29-21-16-12-7-5-3-1)35-50(36-48)39-52(40-50)43-54(44-52)45-53(46-54)41-51(42-53)37-49(38-51)31-23-18-14-10-9-11-15-20-27-47(33-26-34-47)28-24-19-25-32-49;17-11(9-4-3-5-9)6-1-2-7-12-13-10(8-19-12)15-14(18)16-13;1-2;;;/h1-46H2;9-10,12-13H,1-8H2,(H2,15,16,18);1-2H;3*1H4/t;10?,12-,13?;;;;/m.1..../s1. The van der Waals surface area contributed by atoms with Gasteiger partial charge in [-0.25, -0.2) is 4.79 Å². The van der Waals surface area contributed by atoms with E-state index < -0.39 is 0 Å². The number of fused-ring (bicyclic) bond motifs is 1. The molecule has 0 aromatic carbocycles. The molecule has 2 saturated heterocycles.